The number of nitrogens with one attached hydrogen (secondary N) is 2. The van der Waals surface area contributed by atoms with Gasteiger partial charge in [-0.2, -0.15) is 0 Å². The van der Waals surface area contributed by atoms with E-state index in [1.54, 1.807) is 6.20 Å². The second-order valence-electron chi connectivity index (χ2n) is 4.49. The Hall–Kier alpha value is -1.97. The first kappa shape index (κ1) is 12.5. The van der Waals surface area contributed by atoms with Crippen molar-refractivity contribution in [2.24, 2.45) is 0 Å². The summed E-state index contributed by atoms with van der Waals surface area (Å²) in [5.74, 6) is -0.0280. The number of fused-ring (bicyclic) bond motifs is 1. The topological polar surface area (TPSA) is 70.9 Å². The van der Waals surface area contributed by atoms with E-state index in [2.05, 4.69) is 24.1 Å². The molecular weight excluding hydrogens is 226 g/mol. The third kappa shape index (κ3) is 2.32. The second-order valence-corrected chi connectivity index (χ2v) is 4.49. The molecule has 1 aromatic carbocycles. The number of benzene rings is 1. The van der Waals surface area contributed by atoms with Gasteiger partial charge in [-0.1, -0.05) is 13.8 Å². The molecule has 4 heteroatoms. The molecule has 1 aromatic heterocycles. The van der Waals surface area contributed by atoms with Crippen LogP contribution in [-0.2, 0) is 0 Å². The highest BCUT2D eigenvalue weighted by Crippen LogP contribution is 2.20. The monoisotopic (exact) mass is 245 g/mol. The van der Waals surface area contributed by atoms with Crippen LogP contribution in [0.1, 0.15) is 37.0 Å². The fraction of sp³-hybridized carbons (Fsp3) is 0.357. The summed E-state index contributed by atoms with van der Waals surface area (Å²) in [4.78, 5) is 15.2. The summed E-state index contributed by atoms with van der Waals surface area (Å²) < 4.78 is 0. The van der Waals surface area contributed by atoms with Crippen LogP contribution in [0.4, 0.5) is 5.69 Å². The molecule has 0 fully saturated rings. The molecule has 4 N–H and O–H groups in total. The molecule has 0 atom stereocenters. The van der Waals surface area contributed by atoms with E-state index in [9.17, 15) is 4.79 Å². The van der Waals surface area contributed by atoms with E-state index in [0.29, 0.717) is 11.3 Å². The Bertz CT molecular complexity index is 555. The van der Waals surface area contributed by atoms with Crippen LogP contribution < -0.4 is 11.1 Å². The minimum absolute atomic E-state index is 0.0280. The van der Waals surface area contributed by atoms with Crippen molar-refractivity contribution in [3.8, 4) is 0 Å². The van der Waals surface area contributed by atoms with Crippen molar-refractivity contribution in [3.05, 3.63) is 30.0 Å². The predicted molar refractivity (Wildman–Crippen MR) is 74.5 cm³/mol. The van der Waals surface area contributed by atoms with Crippen LogP contribution in [-0.4, -0.2) is 16.9 Å². The van der Waals surface area contributed by atoms with Gasteiger partial charge in [0.25, 0.3) is 5.91 Å². The molecule has 0 spiro atoms. The molecule has 0 saturated carbocycles. The predicted octanol–water partition coefficient (Wildman–Crippen LogP) is 2.67. The van der Waals surface area contributed by atoms with Crippen LogP contribution in [0.2, 0.25) is 0 Å². The van der Waals surface area contributed by atoms with E-state index in [1.807, 2.05) is 18.2 Å². The minimum Gasteiger partial charge on any atom is -0.399 e. The maximum Gasteiger partial charge on any atom is 0.253 e. The van der Waals surface area contributed by atoms with E-state index < -0.39 is 0 Å². The number of carbonyl (C=O) groups is 1. The zero-order chi connectivity index (χ0) is 13.1. The van der Waals surface area contributed by atoms with Crippen LogP contribution >= 0.6 is 0 Å². The summed E-state index contributed by atoms with van der Waals surface area (Å²) in [5.41, 5.74) is 7.97. The van der Waals surface area contributed by atoms with Gasteiger partial charge in [-0.25, -0.2) is 0 Å². The largest absolute Gasteiger partial charge is 0.399 e. The molecule has 0 radical (unpaired) electrons. The Morgan fingerprint density at radius 3 is 2.78 bits per heavy atom. The van der Waals surface area contributed by atoms with Crippen molar-refractivity contribution in [1.29, 1.82) is 0 Å². The summed E-state index contributed by atoms with van der Waals surface area (Å²) in [5, 5.41) is 3.95. The standard InChI is InChI=1S/C14H19N3O/c1-3-10(4-2)17-14(18)12-8-16-13-7-9(15)5-6-11(12)13/h5-8,10,16H,3-4,15H2,1-2H3,(H,17,18). The van der Waals surface area contributed by atoms with Gasteiger partial charge in [0.2, 0.25) is 0 Å². The van der Waals surface area contributed by atoms with E-state index in [4.69, 9.17) is 5.73 Å². The molecule has 1 heterocycles. The molecule has 96 valence electrons. The van der Waals surface area contributed by atoms with Crippen molar-refractivity contribution in [1.82, 2.24) is 10.3 Å². The number of H-pyrrole nitrogens is 1. The molecule has 0 aliphatic rings. The summed E-state index contributed by atoms with van der Waals surface area (Å²) in [6, 6.07) is 5.76. The molecule has 2 rings (SSSR count). The number of aromatic amines is 1. The first-order valence-electron chi connectivity index (χ1n) is 6.33. The van der Waals surface area contributed by atoms with Gasteiger partial charge in [0.15, 0.2) is 0 Å². The molecule has 0 aliphatic carbocycles. The average Bonchev–Trinajstić information content (AvgIpc) is 2.78. The summed E-state index contributed by atoms with van der Waals surface area (Å²) in [7, 11) is 0. The molecule has 4 nitrogen and oxygen atoms in total. The lowest BCUT2D eigenvalue weighted by Crippen LogP contribution is -2.33. The summed E-state index contributed by atoms with van der Waals surface area (Å²) in [6.45, 7) is 4.15. The number of carbonyl (C=O) groups excluding carboxylic acids is 1. The first-order chi connectivity index (χ1) is 8.65. The number of nitrogen functional groups attached to an aromatic ring is 1. The number of anilines is 1. The average molecular weight is 245 g/mol. The molecule has 1 amide bonds. The SMILES string of the molecule is CCC(CC)NC(=O)c1c[nH]c2cc(N)ccc12. The third-order valence-electron chi connectivity index (χ3n) is 3.27. The van der Waals surface area contributed by atoms with Crippen LogP contribution in [0.15, 0.2) is 24.4 Å². The second kappa shape index (κ2) is 5.12. The first-order valence-corrected chi connectivity index (χ1v) is 6.33. The number of aromatic nitrogens is 1. The highest BCUT2D eigenvalue weighted by Gasteiger charge is 2.14. The molecule has 18 heavy (non-hydrogen) atoms. The minimum atomic E-state index is -0.0280. The number of hydrogen-bond acceptors (Lipinski definition) is 2. The normalized spacial score (nSPS) is 11.1. The Labute approximate surface area is 107 Å². The van der Waals surface area contributed by atoms with Crippen LogP contribution in [0.25, 0.3) is 10.9 Å². The number of amides is 1. The molecular formula is C14H19N3O. The van der Waals surface area contributed by atoms with Gasteiger partial charge in [0.05, 0.1) is 5.56 Å². The van der Waals surface area contributed by atoms with Crippen molar-refractivity contribution in [2.45, 2.75) is 32.7 Å². The zero-order valence-corrected chi connectivity index (χ0v) is 10.8. The zero-order valence-electron chi connectivity index (χ0n) is 10.8. The van der Waals surface area contributed by atoms with E-state index >= 15 is 0 Å². The Morgan fingerprint density at radius 2 is 2.11 bits per heavy atom. The van der Waals surface area contributed by atoms with Gasteiger partial charge in [-0.3, -0.25) is 4.79 Å². The van der Waals surface area contributed by atoms with Crippen LogP contribution in [0, 0.1) is 0 Å². The van der Waals surface area contributed by atoms with Crippen LogP contribution in [0.3, 0.4) is 0 Å². The van der Waals surface area contributed by atoms with E-state index in [1.165, 1.54) is 0 Å². The number of nitrogens with two attached hydrogens (primary N) is 1. The van der Waals surface area contributed by atoms with Gasteiger partial charge in [0.1, 0.15) is 0 Å². The molecule has 0 bridgehead atoms. The quantitative estimate of drug-likeness (QED) is 0.725. The lowest BCUT2D eigenvalue weighted by Gasteiger charge is -2.14. The van der Waals surface area contributed by atoms with Gasteiger partial charge in [-0.05, 0) is 31.0 Å². The van der Waals surface area contributed by atoms with Gasteiger partial charge in [0, 0.05) is 28.8 Å². The number of hydrogen-bond donors (Lipinski definition) is 3. The maximum absolute atomic E-state index is 12.2. The van der Waals surface area contributed by atoms with Crippen molar-refractivity contribution in [3.63, 3.8) is 0 Å². The maximum atomic E-state index is 12.2. The summed E-state index contributed by atoms with van der Waals surface area (Å²) >= 11 is 0. The third-order valence-corrected chi connectivity index (χ3v) is 3.27. The number of rotatable bonds is 4. The van der Waals surface area contributed by atoms with Crippen molar-refractivity contribution in [2.75, 3.05) is 5.73 Å². The Morgan fingerprint density at radius 1 is 1.39 bits per heavy atom. The fourth-order valence-electron chi connectivity index (χ4n) is 2.09. The lowest BCUT2D eigenvalue weighted by molar-refractivity contribution is 0.0936. The molecule has 0 aliphatic heterocycles. The smallest absolute Gasteiger partial charge is 0.253 e. The molecule has 0 unspecified atom stereocenters. The highest BCUT2D eigenvalue weighted by molar-refractivity contribution is 6.07. The lowest BCUT2D eigenvalue weighted by atomic mass is 10.1. The molecule has 0 saturated heterocycles. The van der Waals surface area contributed by atoms with Gasteiger partial charge < -0.3 is 16.0 Å². The van der Waals surface area contributed by atoms with Crippen molar-refractivity contribution < 1.29 is 4.79 Å². The van der Waals surface area contributed by atoms with Gasteiger partial charge in [-0.15, -0.1) is 0 Å². The molecule has 2 aromatic rings. The van der Waals surface area contributed by atoms with Gasteiger partial charge >= 0.3 is 0 Å². The van der Waals surface area contributed by atoms with E-state index in [-0.39, 0.29) is 11.9 Å². The van der Waals surface area contributed by atoms with Crippen LogP contribution in [0.5, 0.6) is 0 Å². The highest BCUT2D eigenvalue weighted by atomic mass is 16.1. The Kier molecular flexibility index (Phi) is 3.55. The Balaban J connectivity index is 2.28. The van der Waals surface area contributed by atoms with Crippen molar-refractivity contribution >= 4 is 22.5 Å². The fourth-order valence-corrected chi connectivity index (χ4v) is 2.09. The van der Waals surface area contributed by atoms with E-state index in [0.717, 1.165) is 23.7 Å². The summed E-state index contributed by atoms with van der Waals surface area (Å²) in [6.07, 6.45) is 3.62.